The van der Waals surface area contributed by atoms with E-state index in [4.69, 9.17) is 9.47 Å². The number of likely N-dealkylation sites (tertiary alicyclic amines) is 1. The molecule has 4 unspecified atom stereocenters. The number of ether oxygens (including phenoxy) is 2. The monoisotopic (exact) mass is 531 g/mol. The van der Waals surface area contributed by atoms with Gasteiger partial charge >= 0.3 is 0 Å². The summed E-state index contributed by atoms with van der Waals surface area (Å²) in [5.41, 5.74) is 1.51. The number of amides is 1. The van der Waals surface area contributed by atoms with E-state index in [1.54, 1.807) is 24.2 Å². The zero-order valence-electron chi connectivity index (χ0n) is 23.1. The van der Waals surface area contributed by atoms with E-state index in [0.29, 0.717) is 18.6 Å². The third kappa shape index (κ3) is 3.45. The first-order chi connectivity index (χ1) is 18.7. The van der Waals surface area contributed by atoms with E-state index in [9.17, 15) is 15.0 Å². The molecule has 7 rings (SSSR count). The molecule has 39 heavy (non-hydrogen) atoms. The van der Waals surface area contributed by atoms with Crippen molar-refractivity contribution >= 4 is 12.0 Å². The van der Waals surface area contributed by atoms with Gasteiger partial charge in [0, 0.05) is 37.4 Å². The lowest BCUT2D eigenvalue weighted by atomic mass is 9.47. The topological polar surface area (TPSA) is 79.2 Å². The van der Waals surface area contributed by atoms with Crippen molar-refractivity contribution < 1.29 is 29.0 Å². The fourth-order valence-corrected chi connectivity index (χ4v) is 8.72. The van der Waals surface area contributed by atoms with Crippen molar-refractivity contribution in [3.05, 3.63) is 59.2 Å². The predicted molar refractivity (Wildman–Crippen MR) is 148 cm³/mol. The number of likely N-dealkylation sites (N-methyl/N-ethyl adjacent to an activating group) is 2. The fourth-order valence-electron chi connectivity index (χ4n) is 8.72. The second-order valence-corrected chi connectivity index (χ2v) is 12.8. The maximum absolute atomic E-state index is 13.5. The second-order valence-electron chi connectivity index (χ2n) is 12.8. The van der Waals surface area contributed by atoms with Crippen LogP contribution in [0.15, 0.2) is 42.5 Å². The molecule has 0 aromatic heterocycles. The molecule has 7 heteroatoms. The smallest absolute Gasteiger partial charge is 0.246 e. The van der Waals surface area contributed by atoms with Crippen LogP contribution in [0.5, 0.6) is 17.2 Å². The van der Waals surface area contributed by atoms with Crippen molar-refractivity contribution in [3.8, 4) is 17.2 Å². The Bertz CT molecular complexity index is 1370. The number of nitrogens with zero attached hydrogens (tertiary/aromatic N) is 2. The molecule has 1 spiro atoms. The number of benzene rings is 2. The van der Waals surface area contributed by atoms with Crippen molar-refractivity contribution in [3.63, 3.8) is 0 Å². The van der Waals surface area contributed by atoms with Gasteiger partial charge < -0.3 is 29.1 Å². The van der Waals surface area contributed by atoms with E-state index in [1.807, 2.05) is 43.5 Å². The van der Waals surface area contributed by atoms with E-state index in [0.717, 1.165) is 53.2 Å². The van der Waals surface area contributed by atoms with Gasteiger partial charge in [0.25, 0.3) is 0 Å². The number of phenols is 1. The van der Waals surface area contributed by atoms with E-state index in [1.165, 1.54) is 18.4 Å². The number of piperidine rings is 1. The Morgan fingerprint density at radius 2 is 2.05 bits per heavy atom. The fraction of sp³-hybridized carbons (Fsp3) is 0.531. The van der Waals surface area contributed by atoms with Gasteiger partial charge in [0.05, 0.1) is 38.7 Å². The lowest BCUT2D eigenvalue weighted by Crippen LogP contribution is -2.82. The van der Waals surface area contributed by atoms with Crippen molar-refractivity contribution in [1.29, 1.82) is 0 Å². The lowest BCUT2D eigenvalue weighted by Gasteiger charge is -2.66. The molecule has 2 aliphatic heterocycles. The number of aliphatic hydroxyl groups is 1. The Hall–Kier alpha value is -3.03. The van der Waals surface area contributed by atoms with Crippen LogP contribution in [0.4, 0.5) is 0 Å². The molecule has 1 amide bonds. The summed E-state index contributed by atoms with van der Waals surface area (Å²) in [7, 11) is 5.81. The summed E-state index contributed by atoms with van der Waals surface area (Å²) in [6.45, 7) is 2.09. The number of methoxy groups -OCH3 is 1. The second kappa shape index (κ2) is 8.48. The Balaban J connectivity index is 1.25. The Morgan fingerprint density at radius 1 is 1.23 bits per heavy atom. The highest BCUT2D eigenvalue weighted by atomic mass is 16.5. The van der Waals surface area contributed by atoms with Gasteiger partial charge in [-0.15, -0.1) is 0 Å². The number of hydrogen-bond donors (Lipinski definition) is 2. The van der Waals surface area contributed by atoms with Crippen LogP contribution in [0.1, 0.15) is 48.8 Å². The van der Waals surface area contributed by atoms with Crippen LogP contribution in [0.3, 0.4) is 0 Å². The van der Waals surface area contributed by atoms with Gasteiger partial charge in [-0.05, 0) is 61.1 Å². The number of aromatic hydroxyl groups is 1. The molecule has 2 saturated carbocycles. The lowest BCUT2D eigenvalue weighted by molar-refractivity contribution is -0.950. The van der Waals surface area contributed by atoms with Gasteiger partial charge in [-0.25, -0.2) is 0 Å². The molecule has 2 bridgehead atoms. The summed E-state index contributed by atoms with van der Waals surface area (Å²) >= 11 is 0. The van der Waals surface area contributed by atoms with Crippen LogP contribution in [-0.2, 0) is 16.6 Å². The number of rotatable bonds is 6. The summed E-state index contributed by atoms with van der Waals surface area (Å²) in [5.74, 6) is 2.05. The Labute approximate surface area is 230 Å². The molecule has 3 fully saturated rings. The van der Waals surface area contributed by atoms with Gasteiger partial charge in [0.15, 0.2) is 11.5 Å². The van der Waals surface area contributed by atoms with E-state index in [-0.39, 0.29) is 23.7 Å². The highest BCUT2D eigenvalue weighted by Gasteiger charge is 2.76. The summed E-state index contributed by atoms with van der Waals surface area (Å²) in [6, 6.07) is 11.3. The molecule has 1 saturated heterocycles. The van der Waals surface area contributed by atoms with Crippen molar-refractivity contribution in [2.75, 3.05) is 34.3 Å². The SMILES string of the molecule is COc1cccc(/C=C/C(=O)N(C)C2CCC3(O)[C@H]4Cc5ccc(O)c6c5[C@@]3(CC[N+]4(C)CC3CC3)C2O6)c1. The van der Waals surface area contributed by atoms with Crippen LogP contribution in [0, 0.1) is 5.92 Å². The normalized spacial score (nSPS) is 35.8. The summed E-state index contributed by atoms with van der Waals surface area (Å²) in [5, 5.41) is 23.7. The van der Waals surface area contributed by atoms with Crippen LogP contribution >= 0.6 is 0 Å². The number of hydrogen-bond acceptors (Lipinski definition) is 5. The molecule has 2 heterocycles. The molecule has 3 aliphatic carbocycles. The molecular weight excluding hydrogens is 492 g/mol. The first kappa shape index (κ1) is 25.0. The number of carbonyl (C=O) groups is 1. The average Bonchev–Trinajstić information content (AvgIpc) is 3.66. The zero-order chi connectivity index (χ0) is 27.2. The maximum atomic E-state index is 13.5. The average molecular weight is 532 g/mol. The first-order valence-corrected chi connectivity index (χ1v) is 14.4. The van der Waals surface area contributed by atoms with Crippen LogP contribution in [-0.4, -0.2) is 83.6 Å². The number of quaternary nitrogens is 1. The van der Waals surface area contributed by atoms with Crippen LogP contribution in [0.2, 0.25) is 0 Å². The number of phenolic OH excluding ortho intramolecular Hbond substituents is 1. The number of carbonyl (C=O) groups excluding carboxylic acids is 1. The quantitative estimate of drug-likeness (QED) is 0.440. The van der Waals surface area contributed by atoms with E-state index in [2.05, 4.69) is 7.05 Å². The van der Waals surface area contributed by atoms with E-state index < -0.39 is 17.1 Å². The van der Waals surface area contributed by atoms with Crippen molar-refractivity contribution in [2.24, 2.45) is 5.92 Å². The summed E-state index contributed by atoms with van der Waals surface area (Å²) < 4.78 is 12.9. The van der Waals surface area contributed by atoms with Crippen LogP contribution < -0.4 is 9.47 Å². The molecule has 0 radical (unpaired) electrons. The zero-order valence-corrected chi connectivity index (χ0v) is 23.1. The Morgan fingerprint density at radius 3 is 2.82 bits per heavy atom. The van der Waals surface area contributed by atoms with Gasteiger partial charge in [0.1, 0.15) is 23.5 Å². The molecule has 2 aromatic rings. The third-order valence-corrected chi connectivity index (χ3v) is 10.8. The van der Waals surface area contributed by atoms with Gasteiger partial charge in [-0.3, -0.25) is 4.79 Å². The molecule has 206 valence electrons. The molecule has 5 aliphatic rings. The van der Waals surface area contributed by atoms with Gasteiger partial charge in [-0.2, -0.15) is 0 Å². The standard InChI is InChI=1S/C32H38N2O5/c1-33(27(36)12-9-20-5-4-6-23(17-20)38-3)24-13-14-32(37)26-18-22-10-11-25(35)29-28(22)31(32,30(24)39-29)15-16-34(26,2)19-21-7-8-21/h4-6,9-12,17,21,24,26,30,37H,7-8,13-16,18-19H2,1-3H3/p+1/b12-9+/t24?,26-,30?,31+,32?,34?/m1/s1. The van der Waals surface area contributed by atoms with E-state index >= 15 is 0 Å². The van der Waals surface area contributed by atoms with Gasteiger partial charge in [-0.1, -0.05) is 18.2 Å². The summed E-state index contributed by atoms with van der Waals surface area (Å²) in [4.78, 5) is 15.3. The highest BCUT2D eigenvalue weighted by Crippen LogP contribution is 2.66. The minimum atomic E-state index is -0.942. The molecule has 2 N–H and O–H groups in total. The van der Waals surface area contributed by atoms with Crippen LogP contribution in [0.25, 0.3) is 6.08 Å². The highest BCUT2D eigenvalue weighted by molar-refractivity contribution is 5.92. The first-order valence-electron chi connectivity index (χ1n) is 14.4. The predicted octanol–water partition coefficient (Wildman–Crippen LogP) is 3.65. The molecule has 2 aromatic carbocycles. The maximum Gasteiger partial charge on any atom is 0.246 e. The van der Waals surface area contributed by atoms with Crippen molar-refractivity contribution in [1.82, 2.24) is 4.90 Å². The van der Waals surface area contributed by atoms with Gasteiger partial charge in [0.2, 0.25) is 5.91 Å². The summed E-state index contributed by atoms with van der Waals surface area (Å²) in [6.07, 6.45) is 8.45. The minimum absolute atomic E-state index is 0.0795. The third-order valence-electron chi connectivity index (χ3n) is 10.8. The largest absolute Gasteiger partial charge is 0.504 e. The molecule has 7 nitrogen and oxygen atoms in total. The molecular formula is C32H39N2O5+. The Kier molecular flexibility index (Phi) is 5.43. The minimum Gasteiger partial charge on any atom is -0.504 e. The molecule has 6 atom stereocenters. The van der Waals surface area contributed by atoms with Crippen molar-refractivity contribution in [2.45, 2.75) is 67.7 Å².